The van der Waals surface area contributed by atoms with E-state index in [0.717, 1.165) is 18.2 Å². The third kappa shape index (κ3) is 11.1. The van der Waals surface area contributed by atoms with Gasteiger partial charge in [-0.2, -0.15) is 0 Å². The average molecular weight is 471 g/mol. The number of sulfone groups is 1. The molecular weight excluding hydrogens is 432 g/mol. The fraction of sp³-hybridized carbons (Fsp3) is 0.652. The van der Waals surface area contributed by atoms with Gasteiger partial charge in [0, 0.05) is 18.7 Å². The second-order valence-corrected chi connectivity index (χ2v) is 10.8. The van der Waals surface area contributed by atoms with Crippen LogP contribution in [0.4, 0.5) is 0 Å². The highest BCUT2D eigenvalue weighted by atomic mass is 32.2. The number of hydrogen-bond donors (Lipinski definition) is 2. The molecule has 0 aromatic heterocycles. The maximum absolute atomic E-state index is 13.1. The molecule has 0 spiro atoms. The van der Waals surface area contributed by atoms with Gasteiger partial charge in [0.05, 0.1) is 18.5 Å². The molecule has 0 bridgehead atoms. The van der Waals surface area contributed by atoms with Crippen LogP contribution < -0.4 is 11.1 Å². The lowest BCUT2D eigenvalue weighted by Crippen LogP contribution is -2.49. The number of nitrogens with one attached hydrogen (secondary N) is 1. The van der Waals surface area contributed by atoms with Crippen LogP contribution in [0.1, 0.15) is 46.1 Å². The van der Waals surface area contributed by atoms with E-state index in [2.05, 4.69) is 5.32 Å². The Labute approximate surface area is 192 Å². The number of ether oxygens (including phenoxy) is 2. The van der Waals surface area contributed by atoms with Gasteiger partial charge < -0.3 is 20.5 Å². The van der Waals surface area contributed by atoms with Crippen molar-refractivity contribution in [1.29, 1.82) is 0 Å². The minimum atomic E-state index is -3.33. The van der Waals surface area contributed by atoms with Crippen LogP contribution in [0.3, 0.4) is 0 Å². The first-order valence-corrected chi connectivity index (χ1v) is 13.1. The molecule has 0 radical (unpaired) electrons. The second-order valence-electron chi connectivity index (χ2n) is 8.53. The van der Waals surface area contributed by atoms with Crippen LogP contribution in [0.2, 0.25) is 0 Å². The van der Waals surface area contributed by atoms with Gasteiger partial charge in [0.25, 0.3) is 0 Å². The Kier molecular flexibility index (Phi) is 11.9. The van der Waals surface area contributed by atoms with Crippen molar-refractivity contribution in [2.24, 2.45) is 11.7 Å². The Morgan fingerprint density at radius 2 is 1.75 bits per heavy atom. The first kappa shape index (κ1) is 28.1. The number of carbonyl (C=O) groups excluding carboxylic acids is 2. The van der Waals surface area contributed by atoms with E-state index in [0.29, 0.717) is 0 Å². The van der Waals surface area contributed by atoms with Crippen LogP contribution in [-0.4, -0.2) is 63.2 Å². The van der Waals surface area contributed by atoms with Gasteiger partial charge in [0.2, 0.25) is 5.91 Å². The van der Waals surface area contributed by atoms with Gasteiger partial charge in [-0.05, 0) is 31.7 Å². The zero-order chi connectivity index (χ0) is 24.3. The van der Waals surface area contributed by atoms with Crippen molar-refractivity contribution in [3.05, 3.63) is 35.9 Å². The number of nitrogens with two attached hydrogens (primary N) is 1. The van der Waals surface area contributed by atoms with Crippen molar-refractivity contribution in [3.63, 3.8) is 0 Å². The van der Waals surface area contributed by atoms with E-state index in [1.165, 1.54) is 0 Å². The zero-order valence-electron chi connectivity index (χ0n) is 19.7. The van der Waals surface area contributed by atoms with Crippen molar-refractivity contribution in [3.8, 4) is 0 Å². The number of benzene rings is 1. The summed E-state index contributed by atoms with van der Waals surface area (Å²) in [5.74, 6) is -1.22. The first-order valence-electron chi connectivity index (χ1n) is 11.0. The molecule has 1 amide bonds. The summed E-state index contributed by atoms with van der Waals surface area (Å²) in [7, 11) is -3.33. The van der Waals surface area contributed by atoms with Gasteiger partial charge in [-0.15, -0.1) is 0 Å². The Morgan fingerprint density at radius 3 is 2.28 bits per heavy atom. The number of amides is 1. The smallest absolute Gasteiger partial charge is 0.328 e. The summed E-state index contributed by atoms with van der Waals surface area (Å²) in [5.41, 5.74) is 7.06. The van der Waals surface area contributed by atoms with E-state index in [1.807, 2.05) is 44.2 Å². The van der Waals surface area contributed by atoms with Crippen molar-refractivity contribution >= 4 is 21.7 Å². The third-order valence-electron chi connectivity index (χ3n) is 5.15. The summed E-state index contributed by atoms with van der Waals surface area (Å²) in [6.45, 7) is 7.61. The molecule has 1 rings (SSSR count). The summed E-state index contributed by atoms with van der Waals surface area (Å²) in [5, 5.41) is 2.64. The highest BCUT2D eigenvalue weighted by molar-refractivity contribution is 7.90. The second kappa shape index (κ2) is 13.5. The van der Waals surface area contributed by atoms with Crippen molar-refractivity contribution in [2.45, 2.75) is 71.2 Å². The lowest BCUT2D eigenvalue weighted by atomic mass is 10.0. The lowest BCUT2D eigenvalue weighted by molar-refractivity contribution is -0.152. The molecule has 0 unspecified atom stereocenters. The van der Waals surface area contributed by atoms with Gasteiger partial charge >= 0.3 is 5.97 Å². The SMILES string of the molecule is CC[C@H](C)[C@H](N)CO[C@@H](Cc1ccccc1)C(=O)N[C@@H](CCS(C)(=O)=O)C(=O)OC(C)C. The molecule has 0 aliphatic carbocycles. The van der Waals surface area contributed by atoms with Crippen molar-refractivity contribution < 1.29 is 27.5 Å². The topological polar surface area (TPSA) is 125 Å². The average Bonchev–Trinajstić information content (AvgIpc) is 2.72. The number of carbonyl (C=O) groups is 2. The molecule has 8 nitrogen and oxygen atoms in total. The lowest BCUT2D eigenvalue weighted by Gasteiger charge is -2.25. The molecule has 0 aliphatic heterocycles. The minimum Gasteiger partial charge on any atom is -0.461 e. The maximum atomic E-state index is 13.1. The fourth-order valence-electron chi connectivity index (χ4n) is 2.91. The monoisotopic (exact) mass is 470 g/mol. The normalized spacial score (nSPS) is 15.6. The van der Waals surface area contributed by atoms with Gasteiger partial charge in [0.1, 0.15) is 22.0 Å². The summed E-state index contributed by atoms with van der Waals surface area (Å²) >= 11 is 0. The predicted octanol–water partition coefficient (Wildman–Crippen LogP) is 1.86. The van der Waals surface area contributed by atoms with Crippen LogP contribution in [0.5, 0.6) is 0 Å². The standard InChI is InChI=1S/C23H38N2O6S/c1-6-17(4)19(24)15-30-21(14-18-10-8-7-9-11-18)22(26)25-20(12-13-32(5,28)29)23(27)31-16(2)3/h7-11,16-17,19-21H,6,12-15,24H2,1-5H3,(H,25,26)/t17-,19+,20-,21-/m0/s1. The molecule has 1 aromatic rings. The molecular formula is C23H38N2O6S. The van der Waals surface area contributed by atoms with Crippen LogP contribution in [0.15, 0.2) is 30.3 Å². The Hall–Kier alpha value is -1.97. The van der Waals surface area contributed by atoms with E-state index >= 15 is 0 Å². The molecule has 3 N–H and O–H groups in total. The largest absolute Gasteiger partial charge is 0.461 e. The molecule has 1 aromatic carbocycles. The van der Waals surface area contributed by atoms with E-state index in [4.69, 9.17) is 15.2 Å². The summed E-state index contributed by atoms with van der Waals surface area (Å²) in [6, 6.07) is 8.04. The van der Waals surface area contributed by atoms with Crippen LogP contribution >= 0.6 is 0 Å². The molecule has 9 heteroatoms. The molecule has 32 heavy (non-hydrogen) atoms. The van der Waals surface area contributed by atoms with Gasteiger partial charge in [-0.25, -0.2) is 13.2 Å². The van der Waals surface area contributed by atoms with Gasteiger partial charge in [-0.1, -0.05) is 50.6 Å². The number of hydrogen-bond acceptors (Lipinski definition) is 7. The Bertz CT molecular complexity index is 813. The summed E-state index contributed by atoms with van der Waals surface area (Å²) in [4.78, 5) is 25.6. The van der Waals surface area contributed by atoms with Crippen molar-refractivity contribution in [2.75, 3.05) is 18.6 Å². The summed E-state index contributed by atoms with van der Waals surface area (Å²) < 4.78 is 34.3. The third-order valence-corrected chi connectivity index (χ3v) is 6.13. The van der Waals surface area contributed by atoms with E-state index in [9.17, 15) is 18.0 Å². The van der Waals surface area contributed by atoms with Gasteiger partial charge in [0.15, 0.2) is 0 Å². The highest BCUT2D eigenvalue weighted by Gasteiger charge is 2.29. The van der Waals surface area contributed by atoms with E-state index < -0.39 is 40.0 Å². The van der Waals surface area contributed by atoms with Crippen LogP contribution in [0.25, 0.3) is 0 Å². The zero-order valence-corrected chi connectivity index (χ0v) is 20.6. The maximum Gasteiger partial charge on any atom is 0.328 e. The predicted molar refractivity (Wildman–Crippen MR) is 125 cm³/mol. The Morgan fingerprint density at radius 1 is 1.12 bits per heavy atom. The first-order chi connectivity index (χ1) is 14.9. The van der Waals surface area contributed by atoms with Crippen LogP contribution in [0, 0.1) is 5.92 Å². The Balaban J connectivity index is 2.99. The molecule has 0 heterocycles. The quantitative estimate of drug-likeness (QED) is 0.398. The minimum absolute atomic E-state index is 0.0828. The number of esters is 1. The molecule has 0 aliphatic rings. The molecule has 0 saturated heterocycles. The van der Waals surface area contributed by atoms with Gasteiger partial charge in [-0.3, -0.25) is 4.79 Å². The summed E-state index contributed by atoms with van der Waals surface area (Å²) in [6.07, 6.45) is 0.884. The molecule has 4 atom stereocenters. The van der Waals surface area contributed by atoms with E-state index in [1.54, 1.807) is 13.8 Å². The fourth-order valence-corrected chi connectivity index (χ4v) is 3.57. The van der Waals surface area contributed by atoms with Crippen LogP contribution in [-0.2, 0) is 35.3 Å². The molecule has 0 fully saturated rings. The number of rotatable bonds is 14. The molecule has 182 valence electrons. The highest BCUT2D eigenvalue weighted by Crippen LogP contribution is 2.12. The van der Waals surface area contributed by atoms with E-state index in [-0.39, 0.29) is 37.2 Å². The molecule has 0 saturated carbocycles. The van der Waals surface area contributed by atoms with Crippen molar-refractivity contribution in [1.82, 2.24) is 5.32 Å².